The fourth-order valence-electron chi connectivity index (χ4n) is 2.22. The Hall–Kier alpha value is -3.15. The zero-order valence-electron chi connectivity index (χ0n) is 14.3. The van der Waals surface area contributed by atoms with Crippen molar-refractivity contribution in [1.82, 2.24) is 5.32 Å². The van der Waals surface area contributed by atoms with Gasteiger partial charge in [0.25, 0.3) is 11.8 Å². The van der Waals surface area contributed by atoms with Crippen LogP contribution < -0.4 is 10.6 Å². The lowest BCUT2D eigenvalue weighted by Gasteiger charge is -2.20. The Morgan fingerprint density at radius 3 is 2.12 bits per heavy atom. The summed E-state index contributed by atoms with van der Waals surface area (Å²) in [5, 5.41) is 14.6. The van der Waals surface area contributed by atoms with E-state index in [2.05, 4.69) is 10.6 Å². The quantitative estimate of drug-likeness (QED) is 0.796. The molecule has 6 heteroatoms. The number of rotatable bonds is 4. The van der Waals surface area contributed by atoms with E-state index in [9.17, 15) is 19.5 Å². The average Bonchev–Trinajstić information content (AvgIpc) is 2.53. The molecule has 0 aliphatic rings. The van der Waals surface area contributed by atoms with Crippen molar-refractivity contribution in [2.24, 2.45) is 0 Å². The first-order valence-corrected chi connectivity index (χ1v) is 7.73. The summed E-state index contributed by atoms with van der Waals surface area (Å²) in [5.74, 6) is -1.98. The number of nitrogens with one attached hydrogen (secondary N) is 2. The molecular weight excluding hydrogens is 320 g/mol. The molecule has 2 rings (SSSR count). The third-order valence-electron chi connectivity index (χ3n) is 3.27. The fraction of sp³-hybridized carbons (Fsp3) is 0.211. The zero-order chi connectivity index (χ0) is 18.6. The number of amides is 2. The Labute approximate surface area is 145 Å². The summed E-state index contributed by atoms with van der Waals surface area (Å²) < 4.78 is 0. The van der Waals surface area contributed by atoms with E-state index in [0.29, 0.717) is 11.3 Å². The van der Waals surface area contributed by atoms with E-state index in [-0.39, 0.29) is 22.6 Å². The monoisotopic (exact) mass is 340 g/mol. The van der Waals surface area contributed by atoms with Gasteiger partial charge in [0.15, 0.2) is 0 Å². The van der Waals surface area contributed by atoms with Crippen LogP contribution in [0.2, 0.25) is 0 Å². The van der Waals surface area contributed by atoms with Gasteiger partial charge in [0.2, 0.25) is 0 Å². The van der Waals surface area contributed by atoms with Gasteiger partial charge in [-0.3, -0.25) is 9.59 Å². The Kier molecular flexibility index (Phi) is 5.22. The van der Waals surface area contributed by atoms with Crippen molar-refractivity contribution >= 4 is 23.5 Å². The van der Waals surface area contributed by atoms with E-state index in [4.69, 9.17) is 0 Å². The van der Waals surface area contributed by atoms with Gasteiger partial charge in [0.05, 0.1) is 11.1 Å². The molecule has 25 heavy (non-hydrogen) atoms. The van der Waals surface area contributed by atoms with Crippen LogP contribution in [-0.2, 0) is 0 Å². The van der Waals surface area contributed by atoms with Gasteiger partial charge in [-0.15, -0.1) is 0 Å². The highest BCUT2D eigenvalue weighted by Gasteiger charge is 2.18. The van der Waals surface area contributed by atoms with E-state index in [0.717, 1.165) is 0 Å². The Balaban J connectivity index is 2.21. The SMILES string of the molecule is CC(C)(C)NC(=O)c1cccc(NC(=O)c2ccccc2C(=O)O)c1. The molecular formula is C19H20N2O4. The van der Waals surface area contributed by atoms with E-state index in [1.54, 1.807) is 36.4 Å². The van der Waals surface area contributed by atoms with Crippen LogP contribution in [0.1, 0.15) is 51.8 Å². The number of benzene rings is 2. The highest BCUT2D eigenvalue weighted by molar-refractivity contribution is 6.11. The van der Waals surface area contributed by atoms with Crippen LogP contribution in [0.3, 0.4) is 0 Å². The standard InChI is InChI=1S/C19H20N2O4/c1-19(2,3)21-16(22)12-7-6-8-13(11-12)20-17(23)14-9-4-5-10-15(14)18(24)25/h4-11H,1-3H3,(H,20,23)(H,21,22)(H,24,25). The first kappa shape index (κ1) is 18.2. The van der Waals surface area contributed by atoms with E-state index in [1.165, 1.54) is 12.1 Å². The van der Waals surface area contributed by atoms with Gasteiger partial charge in [-0.25, -0.2) is 4.79 Å². The molecule has 6 nitrogen and oxygen atoms in total. The molecule has 0 heterocycles. The van der Waals surface area contributed by atoms with Crippen molar-refractivity contribution in [2.45, 2.75) is 26.3 Å². The third kappa shape index (κ3) is 4.91. The lowest BCUT2D eigenvalue weighted by Crippen LogP contribution is -2.40. The van der Waals surface area contributed by atoms with Gasteiger partial charge in [-0.2, -0.15) is 0 Å². The van der Waals surface area contributed by atoms with Gasteiger partial charge in [0, 0.05) is 16.8 Å². The molecule has 0 aromatic heterocycles. The molecule has 0 saturated carbocycles. The minimum Gasteiger partial charge on any atom is -0.478 e. The number of hydrogen-bond donors (Lipinski definition) is 3. The first-order chi connectivity index (χ1) is 11.7. The highest BCUT2D eigenvalue weighted by Crippen LogP contribution is 2.15. The number of anilines is 1. The zero-order valence-corrected chi connectivity index (χ0v) is 14.3. The summed E-state index contributed by atoms with van der Waals surface area (Å²) >= 11 is 0. The maximum Gasteiger partial charge on any atom is 0.336 e. The summed E-state index contributed by atoms with van der Waals surface area (Å²) in [7, 11) is 0. The maximum atomic E-state index is 12.4. The Bertz CT molecular complexity index is 822. The van der Waals surface area contributed by atoms with Crippen molar-refractivity contribution in [2.75, 3.05) is 5.32 Å². The first-order valence-electron chi connectivity index (χ1n) is 7.73. The molecule has 0 fully saturated rings. The van der Waals surface area contributed by atoms with E-state index in [1.807, 2.05) is 20.8 Å². The predicted molar refractivity (Wildman–Crippen MR) is 95.0 cm³/mol. The fourth-order valence-corrected chi connectivity index (χ4v) is 2.22. The molecule has 0 spiro atoms. The summed E-state index contributed by atoms with van der Waals surface area (Å²) in [6.45, 7) is 5.62. The number of carbonyl (C=O) groups excluding carboxylic acids is 2. The lowest BCUT2D eigenvalue weighted by molar-refractivity contribution is 0.0692. The smallest absolute Gasteiger partial charge is 0.336 e. The van der Waals surface area contributed by atoms with Crippen LogP contribution in [0.25, 0.3) is 0 Å². The molecule has 130 valence electrons. The van der Waals surface area contributed by atoms with Gasteiger partial charge < -0.3 is 15.7 Å². The molecule has 2 aromatic rings. The van der Waals surface area contributed by atoms with Crippen molar-refractivity contribution in [3.05, 3.63) is 65.2 Å². The van der Waals surface area contributed by atoms with Crippen LogP contribution in [0.5, 0.6) is 0 Å². The maximum absolute atomic E-state index is 12.4. The molecule has 0 bridgehead atoms. The Morgan fingerprint density at radius 2 is 1.52 bits per heavy atom. The van der Waals surface area contributed by atoms with Gasteiger partial charge in [-0.05, 0) is 51.1 Å². The second kappa shape index (κ2) is 7.17. The van der Waals surface area contributed by atoms with Crippen molar-refractivity contribution in [3.8, 4) is 0 Å². The molecule has 0 unspecified atom stereocenters. The van der Waals surface area contributed by atoms with Gasteiger partial charge in [-0.1, -0.05) is 18.2 Å². The predicted octanol–water partition coefficient (Wildman–Crippen LogP) is 3.17. The van der Waals surface area contributed by atoms with Crippen molar-refractivity contribution in [1.29, 1.82) is 0 Å². The van der Waals surface area contributed by atoms with Crippen LogP contribution in [0, 0.1) is 0 Å². The molecule has 0 aliphatic heterocycles. The summed E-state index contributed by atoms with van der Waals surface area (Å²) in [5.41, 5.74) is 0.406. The second-order valence-corrected chi connectivity index (χ2v) is 6.59. The molecule has 0 atom stereocenters. The highest BCUT2D eigenvalue weighted by atomic mass is 16.4. The number of carboxylic acid groups (broad SMARTS) is 1. The topological polar surface area (TPSA) is 95.5 Å². The van der Waals surface area contributed by atoms with Gasteiger partial charge in [0.1, 0.15) is 0 Å². The normalized spacial score (nSPS) is 10.8. The number of carbonyl (C=O) groups is 3. The number of hydrogen-bond acceptors (Lipinski definition) is 3. The van der Waals surface area contributed by atoms with Crippen molar-refractivity contribution < 1.29 is 19.5 Å². The molecule has 0 aliphatic carbocycles. The minimum absolute atomic E-state index is 0.0551. The molecule has 3 N–H and O–H groups in total. The average molecular weight is 340 g/mol. The lowest BCUT2D eigenvalue weighted by atomic mass is 10.1. The summed E-state index contributed by atoms with van der Waals surface area (Å²) in [6, 6.07) is 12.4. The second-order valence-electron chi connectivity index (χ2n) is 6.59. The van der Waals surface area contributed by atoms with Crippen LogP contribution >= 0.6 is 0 Å². The van der Waals surface area contributed by atoms with Gasteiger partial charge >= 0.3 is 5.97 Å². The van der Waals surface area contributed by atoms with Crippen molar-refractivity contribution in [3.63, 3.8) is 0 Å². The summed E-state index contributed by atoms with van der Waals surface area (Å²) in [6.07, 6.45) is 0. The number of aromatic carboxylic acids is 1. The van der Waals surface area contributed by atoms with Crippen LogP contribution in [0.4, 0.5) is 5.69 Å². The molecule has 0 saturated heterocycles. The Morgan fingerprint density at radius 1 is 0.880 bits per heavy atom. The molecule has 2 aromatic carbocycles. The molecule has 0 radical (unpaired) electrons. The summed E-state index contributed by atoms with van der Waals surface area (Å²) in [4.78, 5) is 35.8. The third-order valence-corrected chi connectivity index (χ3v) is 3.27. The minimum atomic E-state index is -1.18. The largest absolute Gasteiger partial charge is 0.478 e. The van der Waals surface area contributed by atoms with Crippen LogP contribution in [-0.4, -0.2) is 28.4 Å². The van der Waals surface area contributed by atoms with E-state index >= 15 is 0 Å². The van der Waals surface area contributed by atoms with Crippen LogP contribution in [0.15, 0.2) is 48.5 Å². The number of carboxylic acids is 1. The van der Waals surface area contributed by atoms with E-state index < -0.39 is 11.9 Å². The molecule has 2 amide bonds.